The van der Waals surface area contributed by atoms with E-state index < -0.39 is 34.0 Å². The molecule has 204 valence electrons. The Labute approximate surface area is 223 Å². The Balaban J connectivity index is 2.12. The van der Waals surface area contributed by atoms with Crippen LogP contribution >= 0.6 is 0 Å². The van der Waals surface area contributed by atoms with Crippen LogP contribution in [-0.4, -0.2) is 45.0 Å². The maximum absolute atomic E-state index is 12.9. The molecule has 0 fully saturated rings. The van der Waals surface area contributed by atoms with Crippen molar-refractivity contribution >= 4 is 22.5 Å². The molecule has 1 aromatic carbocycles. The molecule has 9 heteroatoms. The van der Waals surface area contributed by atoms with Crippen LogP contribution in [0.2, 0.25) is 36.3 Å². The number of benzene rings is 1. The van der Waals surface area contributed by atoms with Gasteiger partial charge in [0.2, 0.25) is 5.88 Å². The van der Waals surface area contributed by atoms with Gasteiger partial charge in [-0.15, -0.1) is 0 Å². The zero-order chi connectivity index (χ0) is 27.8. The summed E-state index contributed by atoms with van der Waals surface area (Å²) in [5.74, 6) is 0.414. The van der Waals surface area contributed by atoms with Crippen molar-refractivity contribution in [1.82, 2.24) is 9.55 Å². The lowest BCUT2D eigenvalue weighted by Crippen LogP contribution is -2.49. The van der Waals surface area contributed by atoms with E-state index in [-0.39, 0.29) is 16.2 Å². The molecule has 0 saturated carbocycles. The molecular weight excluding hydrogens is 500 g/mol. The monoisotopic (exact) mass is 544 g/mol. The first-order valence-electron chi connectivity index (χ1n) is 13.0. The molecule has 2 atom stereocenters. The zero-order valence-corrected chi connectivity index (χ0v) is 26.1. The molecule has 1 aliphatic rings. The van der Waals surface area contributed by atoms with Crippen LogP contribution in [0.4, 0.5) is 0 Å². The molecule has 3 rings (SSSR count). The first-order valence-corrected chi connectivity index (χ1v) is 18.8. The molecule has 37 heavy (non-hydrogen) atoms. The maximum atomic E-state index is 12.9. The van der Waals surface area contributed by atoms with E-state index in [9.17, 15) is 9.59 Å². The number of aromatic amines is 1. The Morgan fingerprint density at radius 1 is 0.919 bits per heavy atom. The third kappa shape index (κ3) is 6.63. The minimum Gasteiger partial charge on any atom is -0.470 e. The van der Waals surface area contributed by atoms with Crippen LogP contribution in [-0.2, 0) is 20.0 Å². The summed E-state index contributed by atoms with van der Waals surface area (Å²) >= 11 is 0. The number of ether oxygens (including phenoxy) is 1. The van der Waals surface area contributed by atoms with Crippen LogP contribution in [0.15, 0.2) is 57.8 Å². The Kier molecular flexibility index (Phi) is 8.34. The summed E-state index contributed by atoms with van der Waals surface area (Å²) in [5.41, 5.74) is 0.987. The van der Waals surface area contributed by atoms with E-state index in [1.165, 1.54) is 16.8 Å². The van der Waals surface area contributed by atoms with Crippen LogP contribution in [0, 0.1) is 0 Å². The van der Waals surface area contributed by atoms with Gasteiger partial charge in [-0.25, -0.2) is 9.36 Å². The molecule has 1 aromatic heterocycles. The number of hydrogen-bond donors (Lipinski definition) is 1. The van der Waals surface area contributed by atoms with Crippen molar-refractivity contribution < 1.29 is 13.6 Å². The summed E-state index contributed by atoms with van der Waals surface area (Å²) in [6, 6.07) is 11.4. The molecule has 2 heterocycles. The number of nitrogens with zero attached hydrogens (tertiary/aromatic N) is 1. The summed E-state index contributed by atoms with van der Waals surface area (Å²) < 4.78 is 21.6. The number of nitrogens with one attached hydrogen (secondary N) is 1. The van der Waals surface area contributed by atoms with Gasteiger partial charge in [0.25, 0.3) is 5.56 Å². The van der Waals surface area contributed by atoms with Crippen LogP contribution in [0.3, 0.4) is 0 Å². The van der Waals surface area contributed by atoms with E-state index in [2.05, 4.69) is 84.8 Å². The van der Waals surface area contributed by atoms with Crippen molar-refractivity contribution in [3.8, 4) is 0 Å². The maximum Gasteiger partial charge on any atom is 0.335 e. The largest absolute Gasteiger partial charge is 0.470 e. The van der Waals surface area contributed by atoms with Crippen molar-refractivity contribution in [2.24, 2.45) is 0 Å². The zero-order valence-electron chi connectivity index (χ0n) is 24.1. The quantitative estimate of drug-likeness (QED) is 0.427. The molecule has 0 unspecified atom stereocenters. The fraction of sp³-hybridized carbons (Fsp3) is 0.571. The average molecular weight is 545 g/mol. The van der Waals surface area contributed by atoms with Crippen molar-refractivity contribution in [1.29, 1.82) is 0 Å². The van der Waals surface area contributed by atoms with E-state index in [0.29, 0.717) is 18.9 Å². The molecule has 0 saturated heterocycles. The lowest BCUT2D eigenvalue weighted by molar-refractivity contribution is 0.0311. The second-order valence-electron chi connectivity index (χ2n) is 13.0. The van der Waals surface area contributed by atoms with Gasteiger partial charge in [-0.2, -0.15) is 0 Å². The SMILES string of the molecule is CC(C)(C)[Si](C)(C)OC[C@H]1OC(n2ccc(=O)[nH]c2=O)=C(Cc2ccccc2)[C@@H]1O[Si](C)(C)C(C)(C)C. The fourth-order valence-electron chi connectivity index (χ4n) is 3.68. The van der Waals surface area contributed by atoms with Crippen LogP contribution in [0.25, 0.3) is 5.88 Å². The number of H-pyrrole nitrogens is 1. The second kappa shape index (κ2) is 10.5. The highest BCUT2D eigenvalue weighted by Gasteiger charge is 2.47. The van der Waals surface area contributed by atoms with Gasteiger partial charge in [-0.3, -0.25) is 9.78 Å². The topological polar surface area (TPSA) is 82.5 Å². The van der Waals surface area contributed by atoms with E-state index in [4.69, 9.17) is 13.6 Å². The molecule has 0 spiro atoms. The van der Waals surface area contributed by atoms with E-state index in [1.54, 1.807) is 0 Å². The summed E-state index contributed by atoms with van der Waals surface area (Å²) in [4.78, 5) is 27.0. The number of rotatable bonds is 8. The Morgan fingerprint density at radius 3 is 2.05 bits per heavy atom. The van der Waals surface area contributed by atoms with E-state index in [1.807, 2.05) is 18.2 Å². The minimum absolute atomic E-state index is 0.0206. The minimum atomic E-state index is -2.24. The molecule has 7 nitrogen and oxygen atoms in total. The molecule has 0 aliphatic carbocycles. The van der Waals surface area contributed by atoms with Crippen molar-refractivity contribution in [2.45, 2.75) is 96.4 Å². The standard InChI is InChI=1S/C28H44N2O5Si2/c1-27(2,3)36(7,8)33-19-22-24(35-37(9,10)28(4,5)6)21(18-20-14-12-11-13-15-20)25(34-22)30-17-16-23(31)29-26(30)32/h11-17,22,24H,18-19H2,1-10H3,(H,29,31,32)/t22-,24+/m1/s1. The Bertz CT molecular complexity index is 1230. The smallest absolute Gasteiger partial charge is 0.335 e. The lowest BCUT2D eigenvalue weighted by atomic mass is 9.99. The van der Waals surface area contributed by atoms with E-state index >= 15 is 0 Å². The first-order chi connectivity index (χ1) is 16.9. The normalized spacial score (nSPS) is 19.3. The van der Waals surface area contributed by atoms with Gasteiger partial charge in [0.15, 0.2) is 22.7 Å². The van der Waals surface area contributed by atoms with Crippen molar-refractivity contribution in [3.05, 3.63) is 74.6 Å². The highest BCUT2D eigenvalue weighted by Crippen LogP contribution is 2.43. The number of hydrogen-bond acceptors (Lipinski definition) is 5. The highest BCUT2D eigenvalue weighted by atomic mass is 28.4. The van der Waals surface area contributed by atoms with Gasteiger partial charge in [-0.1, -0.05) is 71.9 Å². The van der Waals surface area contributed by atoms with Gasteiger partial charge in [0, 0.05) is 24.3 Å². The Morgan fingerprint density at radius 2 is 1.51 bits per heavy atom. The third-order valence-electron chi connectivity index (χ3n) is 8.14. The molecule has 1 N–H and O–H groups in total. The third-order valence-corrected chi connectivity index (χ3v) is 17.1. The molecule has 1 aliphatic heterocycles. The summed E-state index contributed by atoms with van der Waals surface area (Å²) in [5, 5.41) is 0.0215. The molecule has 0 amide bonds. The average Bonchev–Trinajstić information content (AvgIpc) is 3.08. The van der Waals surface area contributed by atoms with Gasteiger partial charge < -0.3 is 13.6 Å². The first kappa shape index (κ1) is 29.4. The molecular formula is C28H44N2O5Si2. The fourth-order valence-corrected chi connectivity index (χ4v) is 5.97. The van der Waals surface area contributed by atoms with E-state index in [0.717, 1.165) is 11.1 Å². The van der Waals surface area contributed by atoms with Gasteiger partial charge >= 0.3 is 5.69 Å². The highest BCUT2D eigenvalue weighted by molar-refractivity contribution is 6.74. The Hall–Kier alpha value is -2.21. The van der Waals surface area contributed by atoms with Crippen molar-refractivity contribution in [3.63, 3.8) is 0 Å². The van der Waals surface area contributed by atoms with Gasteiger partial charge in [0.05, 0.1) is 6.61 Å². The van der Waals surface area contributed by atoms with Crippen molar-refractivity contribution in [2.75, 3.05) is 6.61 Å². The number of aromatic nitrogens is 2. The summed E-state index contributed by atoms with van der Waals surface area (Å²) in [6.07, 6.45) is 1.22. The molecule has 0 bridgehead atoms. The van der Waals surface area contributed by atoms with Crippen LogP contribution < -0.4 is 11.2 Å². The van der Waals surface area contributed by atoms with Gasteiger partial charge in [-0.05, 0) is 41.8 Å². The summed E-state index contributed by atoms with van der Waals surface area (Å²) in [7, 11) is -4.31. The summed E-state index contributed by atoms with van der Waals surface area (Å²) in [6.45, 7) is 22.5. The van der Waals surface area contributed by atoms with Crippen LogP contribution in [0.1, 0.15) is 47.1 Å². The second-order valence-corrected chi connectivity index (χ2v) is 22.6. The predicted octanol–water partition coefficient (Wildman–Crippen LogP) is 5.76. The predicted molar refractivity (Wildman–Crippen MR) is 155 cm³/mol. The molecule has 2 aromatic rings. The van der Waals surface area contributed by atoms with Crippen LogP contribution in [0.5, 0.6) is 0 Å². The van der Waals surface area contributed by atoms with Gasteiger partial charge in [0.1, 0.15) is 6.10 Å². The molecule has 0 radical (unpaired) electrons. The lowest BCUT2D eigenvalue weighted by Gasteiger charge is -2.41.